The number of ether oxygens (including phenoxy) is 1. The molecular formula is C42H25NO3S. The number of nitrogens with zero attached hydrogens (tertiary/aromatic N) is 1. The fourth-order valence-corrected chi connectivity index (χ4v) is 9.10. The minimum absolute atomic E-state index is 0.175. The van der Waals surface area contributed by atoms with Gasteiger partial charge in [0.1, 0.15) is 21.3 Å². The van der Waals surface area contributed by atoms with Gasteiger partial charge in [0.05, 0.1) is 16.7 Å². The molecule has 1 aromatic heterocycles. The number of hydrogen-bond acceptors (Lipinski definition) is 3. The van der Waals surface area contributed by atoms with Crippen LogP contribution in [0.15, 0.2) is 161 Å². The van der Waals surface area contributed by atoms with E-state index >= 15 is 0 Å². The van der Waals surface area contributed by atoms with E-state index in [1.54, 1.807) is 24.3 Å². The SMILES string of the molecule is O=S1(=O)c2ccccc2Oc2cc3c(cc21)-c1cccc(-n2c4ccccc4c4ccccc42)c1-c1ccccc1-c1ccccc1-3. The van der Waals surface area contributed by atoms with E-state index < -0.39 is 9.84 Å². The number of aromatic nitrogens is 1. The number of para-hydroxylation sites is 3. The van der Waals surface area contributed by atoms with Gasteiger partial charge in [0, 0.05) is 16.3 Å². The van der Waals surface area contributed by atoms with Crippen LogP contribution in [0, 0.1) is 0 Å². The van der Waals surface area contributed by atoms with Crippen molar-refractivity contribution >= 4 is 31.6 Å². The van der Waals surface area contributed by atoms with E-state index in [-0.39, 0.29) is 9.79 Å². The van der Waals surface area contributed by atoms with Gasteiger partial charge in [-0.2, -0.15) is 0 Å². The Labute approximate surface area is 271 Å². The van der Waals surface area contributed by atoms with Crippen molar-refractivity contribution in [1.82, 2.24) is 4.57 Å². The molecule has 10 rings (SSSR count). The predicted octanol–water partition coefficient (Wildman–Crippen LogP) is 10.7. The van der Waals surface area contributed by atoms with Crippen molar-refractivity contribution in [2.75, 3.05) is 0 Å². The Kier molecular flexibility index (Phi) is 5.35. The first-order valence-electron chi connectivity index (χ1n) is 15.6. The molecule has 0 spiro atoms. The van der Waals surface area contributed by atoms with Gasteiger partial charge in [0.15, 0.2) is 0 Å². The summed E-state index contributed by atoms with van der Waals surface area (Å²) in [5, 5.41) is 2.36. The molecular weight excluding hydrogens is 599 g/mol. The lowest BCUT2D eigenvalue weighted by molar-refractivity contribution is 0.443. The third-order valence-electron chi connectivity index (χ3n) is 9.59. The lowest BCUT2D eigenvalue weighted by Gasteiger charge is -2.28. The van der Waals surface area contributed by atoms with Crippen molar-refractivity contribution in [3.8, 4) is 61.7 Å². The van der Waals surface area contributed by atoms with Gasteiger partial charge in [-0.15, -0.1) is 0 Å². The molecule has 0 saturated carbocycles. The lowest BCUT2D eigenvalue weighted by atomic mass is 9.80. The Morgan fingerprint density at radius 1 is 0.426 bits per heavy atom. The zero-order chi connectivity index (χ0) is 31.3. The van der Waals surface area contributed by atoms with Crippen LogP contribution in [0.4, 0.5) is 0 Å². The third kappa shape index (κ3) is 3.60. The number of fused-ring (bicyclic) bond motifs is 13. The molecule has 0 saturated heterocycles. The largest absolute Gasteiger partial charge is 0.455 e. The summed E-state index contributed by atoms with van der Waals surface area (Å²) in [5.74, 6) is 0.685. The molecule has 4 nitrogen and oxygen atoms in total. The van der Waals surface area contributed by atoms with E-state index in [2.05, 4.69) is 114 Å². The molecule has 0 radical (unpaired) electrons. The molecule has 1 aliphatic carbocycles. The molecule has 0 N–H and O–H groups in total. The minimum Gasteiger partial charge on any atom is -0.455 e. The van der Waals surface area contributed by atoms with Crippen molar-refractivity contribution in [2.45, 2.75) is 9.79 Å². The average Bonchev–Trinajstić information content (AvgIpc) is 3.45. The molecule has 222 valence electrons. The van der Waals surface area contributed by atoms with Gasteiger partial charge in [0.2, 0.25) is 9.84 Å². The first-order chi connectivity index (χ1) is 23.1. The number of hydrogen-bond donors (Lipinski definition) is 0. The van der Waals surface area contributed by atoms with Crippen molar-refractivity contribution in [1.29, 1.82) is 0 Å². The smallest absolute Gasteiger partial charge is 0.213 e. The molecule has 1 aliphatic heterocycles. The van der Waals surface area contributed by atoms with Gasteiger partial charge in [-0.25, -0.2) is 8.42 Å². The zero-order valence-corrected chi connectivity index (χ0v) is 25.8. The van der Waals surface area contributed by atoms with Crippen LogP contribution in [-0.4, -0.2) is 13.0 Å². The Morgan fingerprint density at radius 3 is 1.68 bits per heavy atom. The second-order valence-corrected chi connectivity index (χ2v) is 13.9. The number of rotatable bonds is 1. The van der Waals surface area contributed by atoms with E-state index in [9.17, 15) is 8.42 Å². The zero-order valence-electron chi connectivity index (χ0n) is 25.0. The molecule has 5 heteroatoms. The number of sulfone groups is 1. The maximum Gasteiger partial charge on any atom is 0.213 e. The summed E-state index contributed by atoms with van der Waals surface area (Å²) in [5.41, 5.74) is 11.3. The van der Waals surface area contributed by atoms with Crippen LogP contribution in [0.25, 0.3) is 72.0 Å². The van der Waals surface area contributed by atoms with Crippen LogP contribution in [0.1, 0.15) is 0 Å². The molecule has 7 aromatic carbocycles. The van der Waals surface area contributed by atoms with Crippen molar-refractivity contribution in [2.24, 2.45) is 0 Å². The summed E-state index contributed by atoms with van der Waals surface area (Å²) in [6.07, 6.45) is 0. The van der Waals surface area contributed by atoms with Gasteiger partial charge in [-0.3, -0.25) is 0 Å². The molecule has 0 atom stereocenters. The first kappa shape index (κ1) is 26.3. The number of benzene rings is 7. The van der Waals surface area contributed by atoms with Crippen LogP contribution < -0.4 is 4.74 Å². The molecule has 2 aliphatic rings. The second-order valence-electron chi connectivity index (χ2n) is 12.1. The molecule has 8 aromatic rings. The van der Waals surface area contributed by atoms with E-state index in [1.807, 2.05) is 18.2 Å². The highest BCUT2D eigenvalue weighted by Gasteiger charge is 2.34. The van der Waals surface area contributed by atoms with Crippen LogP contribution >= 0.6 is 0 Å². The summed E-state index contributed by atoms with van der Waals surface area (Å²) in [4.78, 5) is 0.359. The predicted molar refractivity (Wildman–Crippen MR) is 188 cm³/mol. The van der Waals surface area contributed by atoms with E-state index in [4.69, 9.17) is 4.74 Å². The molecule has 0 unspecified atom stereocenters. The molecule has 2 heterocycles. The Balaban J connectivity index is 1.38. The fraction of sp³-hybridized carbons (Fsp3) is 0. The topological polar surface area (TPSA) is 48.3 Å². The fourth-order valence-electron chi connectivity index (χ4n) is 7.59. The molecule has 0 fully saturated rings. The van der Waals surface area contributed by atoms with E-state index in [1.165, 1.54) is 10.8 Å². The standard InChI is InChI=1S/C42H25NO3S/c44-47(45)40-23-10-9-22-38(40)46-39-24-33-28-14-2-1-12-26(28)27-13-3-4-17-31(27)42-32(34(33)25-41(39)47)18-11-21-37(42)43-35-19-7-5-15-29(35)30-16-6-8-20-36(30)43/h1-25H. The van der Waals surface area contributed by atoms with Crippen molar-refractivity contribution < 1.29 is 13.2 Å². The average molecular weight is 624 g/mol. The monoisotopic (exact) mass is 623 g/mol. The van der Waals surface area contributed by atoms with E-state index in [0.29, 0.717) is 11.5 Å². The second kappa shape index (κ2) is 9.55. The Bertz CT molecular complexity index is 2690. The molecule has 0 amide bonds. The van der Waals surface area contributed by atoms with Crippen molar-refractivity contribution in [3.63, 3.8) is 0 Å². The highest BCUT2D eigenvalue weighted by molar-refractivity contribution is 7.91. The highest BCUT2D eigenvalue weighted by Crippen LogP contribution is 2.53. The minimum atomic E-state index is -3.84. The normalized spacial score (nSPS) is 13.6. The molecule has 47 heavy (non-hydrogen) atoms. The van der Waals surface area contributed by atoms with Crippen LogP contribution in [0.3, 0.4) is 0 Å². The van der Waals surface area contributed by atoms with Crippen LogP contribution in [-0.2, 0) is 9.84 Å². The molecule has 0 bridgehead atoms. The van der Waals surface area contributed by atoms with Gasteiger partial charge in [-0.1, -0.05) is 109 Å². The lowest BCUT2D eigenvalue weighted by Crippen LogP contribution is -2.12. The maximum absolute atomic E-state index is 14.2. The summed E-state index contributed by atoms with van der Waals surface area (Å²) >= 11 is 0. The Morgan fingerprint density at radius 2 is 0.957 bits per heavy atom. The van der Waals surface area contributed by atoms with E-state index in [0.717, 1.165) is 61.2 Å². The van der Waals surface area contributed by atoms with Gasteiger partial charge >= 0.3 is 0 Å². The third-order valence-corrected chi connectivity index (χ3v) is 11.4. The summed E-state index contributed by atoms with van der Waals surface area (Å²) in [6.45, 7) is 0. The summed E-state index contributed by atoms with van der Waals surface area (Å²) < 4.78 is 37.0. The van der Waals surface area contributed by atoms with Crippen LogP contribution in [0.5, 0.6) is 11.5 Å². The first-order valence-corrected chi connectivity index (χ1v) is 17.1. The maximum atomic E-state index is 14.2. The van der Waals surface area contributed by atoms with Crippen LogP contribution in [0.2, 0.25) is 0 Å². The highest BCUT2D eigenvalue weighted by atomic mass is 32.2. The summed E-state index contributed by atoms with van der Waals surface area (Å²) in [7, 11) is -3.84. The van der Waals surface area contributed by atoms with Gasteiger partial charge in [-0.05, 0) is 81.4 Å². The Hall–Kier alpha value is -5.91. The van der Waals surface area contributed by atoms with Gasteiger partial charge in [0.25, 0.3) is 0 Å². The quantitative estimate of drug-likeness (QED) is 0.183. The summed E-state index contributed by atoms with van der Waals surface area (Å²) in [6, 6.07) is 50.9. The van der Waals surface area contributed by atoms with Crippen molar-refractivity contribution in [3.05, 3.63) is 152 Å². The van der Waals surface area contributed by atoms with Gasteiger partial charge < -0.3 is 9.30 Å².